The lowest BCUT2D eigenvalue weighted by Crippen LogP contribution is -2.41. The number of hydrogen-bond acceptors (Lipinski definition) is 1. The van der Waals surface area contributed by atoms with Crippen molar-refractivity contribution in [2.75, 3.05) is 5.32 Å². The summed E-state index contributed by atoms with van der Waals surface area (Å²) in [5, 5.41) is 6.14. The van der Waals surface area contributed by atoms with Crippen molar-refractivity contribution in [1.82, 2.24) is 5.32 Å². The zero-order valence-corrected chi connectivity index (χ0v) is 11.3. The van der Waals surface area contributed by atoms with Crippen LogP contribution in [0.2, 0.25) is 0 Å². The average molecular weight is 282 g/mol. The van der Waals surface area contributed by atoms with Crippen LogP contribution in [-0.4, -0.2) is 11.2 Å². The van der Waals surface area contributed by atoms with Crippen LogP contribution in [0.5, 0.6) is 0 Å². The smallest absolute Gasteiger partial charge is 0.171 e. The van der Waals surface area contributed by atoms with Crippen LogP contribution in [0.3, 0.4) is 0 Å². The van der Waals surface area contributed by atoms with Crippen molar-refractivity contribution in [1.29, 1.82) is 0 Å². The minimum Gasteiger partial charge on any atom is -0.359 e. The highest BCUT2D eigenvalue weighted by Crippen LogP contribution is 2.44. The summed E-state index contributed by atoms with van der Waals surface area (Å²) in [5.74, 6) is 0.208. The molecule has 0 aromatic heterocycles. The Hall–Kier alpha value is -1.23. The molecular formula is C14H16F2N2S. The van der Waals surface area contributed by atoms with Gasteiger partial charge in [0, 0.05) is 6.04 Å². The third-order valence-corrected chi connectivity index (χ3v) is 4.48. The Kier molecular flexibility index (Phi) is 3.39. The van der Waals surface area contributed by atoms with E-state index in [4.69, 9.17) is 12.2 Å². The van der Waals surface area contributed by atoms with Crippen LogP contribution in [0, 0.1) is 23.5 Å². The predicted molar refractivity (Wildman–Crippen MR) is 75.0 cm³/mol. The molecule has 0 spiro atoms. The Morgan fingerprint density at radius 2 is 1.89 bits per heavy atom. The fraction of sp³-hybridized carbons (Fsp3) is 0.500. The van der Waals surface area contributed by atoms with E-state index in [9.17, 15) is 8.78 Å². The molecule has 0 aliphatic heterocycles. The molecule has 2 aliphatic carbocycles. The SMILES string of the molecule is Fc1cccc(F)c1NC(=S)N[C@@H]1C[C@H]2CC[C@@H]1C2. The summed E-state index contributed by atoms with van der Waals surface area (Å²) in [7, 11) is 0. The first kappa shape index (κ1) is 12.8. The second-order valence-electron chi connectivity index (χ2n) is 5.48. The van der Waals surface area contributed by atoms with Crippen molar-refractivity contribution < 1.29 is 8.78 Å². The molecule has 2 saturated carbocycles. The molecule has 1 aromatic carbocycles. The lowest BCUT2D eigenvalue weighted by molar-refractivity contribution is 0.391. The summed E-state index contributed by atoms with van der Waals surface area (Å²) in [6.45, 7) is 0. The molecule has 0 saturated heterocycles. The highest BCUT2D eigenvalue weighted by molar-refractivity contribution is 7.80. The van der Waals surface area contributed by atoms with Gasteiger partial charge >= 0.3 is 0 Å². The van der Waals surface area contributed by atoms with Crippen molar-refractivity contribution in [3.05, 3.63) is 29.8 Å². The normalized spacial score (nSPS) is 28.4. The van der Waals surface area contributed by atoms with Crippen molar-refractivity contribution in [2.24, 2.45) is 11.8 Å². The fourth-order valence-electron chi connectivity index (χ4n) is 3.36. The lowest BCUT2D eigenvalue weighted by Gasteiger charge is -2.24. The molecule has 102 valence electrons. The average Bonchev–Trinajstić information content (AvgIpc) is 2.96. The van der Waals surface area contributed by atoms with Crippen molar-refractivity contribution >= 4 is 23.0 Å². The van der Waals surface area contributed by atoms with E-state index < -0.39 is 11.6 Å². The Morgan fingerprint density at radius 3 is 2.47 bits per heavy atom. The Labute approximate surface area is 116 Å². The summed E-state index contributed by atoms with van der Waals surface area (Å²) in [5.41, 5.74) is -0.178. The molecule has 0 amide bonds. The van der Waals surface area contributed by atoms with Crippen molar-refractivity contribution in [3.63, 3.8) is 0 Å². The molecule has 0 heterocycles. The molecule has 2 nitrogen and oxygen atoms in total. The monoisotopic (exact) mass is 282 g/mol. The molecule has 19 heavy (non-hydrogen) atoms. The summed E-state index contributed by atoms with van der Waals surface area (Å²) >= 11 is 5.15. The van der Waals surface area contributed by atoms with E-state index in [1.807, 2.05) is 0 Å². The van der Waals surface area contributed by atoms with E-state index in [0.717, 1.165) is 12.3 Å². The fourth-order valence-corrected chi connectivity index (χ4v) is 3.61. The molecule has 3 rings (SSSR count). The van der Waals surface area contributed by atoms with E-state index in [1.54, 1.807) is 0 Å². The van der Waals surface area contributed by atoms with Crippen LogP contribution >= 0.6 is 12.2 Å². The first-order chi connectivity index (χ1) is 9.13. The minimum absolute atomic E-state index is 0.178. The summed E-state index contributed by atoms with van der Waals surface area (Å²) in [4.78, 5) is 0. The number of para-hydroxylation sites is 1. The first-order valence-corrected chi connectivity index (χ1v) is 7.06. The number of nitrogens with one attached hydrogen (secondary N) is 2. The van der Waals surface area contributed by atoms with E-state index in [2.05, 4.69) is 10.6 Å². The van der Waals surface area contributed by atoms with Gasteiger partial charge in [-0.25, -0.2) is 8.78 Å². The largest absolute Gasteiger partial charge is 0.359 e. The quantitative estimate of drug-likeness (QED) is 0.813. The van der Waals surface area contributed by atoms with E-state index in [-0.39, 0.29) is 5.69 Å². The minimum atomic E-state index is -0.628. The van der Waals surface area contributed by atoms with Gasteiger partial charge in [0.05, 0.1) is 0 Å². The van der Waals surface area contributed by atoms with Crippen LogP contribution in [-0.2, 0) is 0 Å². The molecule has 2 aliphatic rings. The molecule has 0 unspecified atom stereocenters. The third-order valence-electron chi connectivity index (χ3n) is 4.26. The Bertz CT molecular complexity index is 486. The Morgan fingerprint density at radius 1 is 1.16 bits per heavy atom. The van der Waals surface area contributed by atoms with Gasteiger partial charge in [0.2, 0.25) is 0 Å². The second-order valence-corrected chi connectivity index (χ2v) is 5.88. The van der Waals surface area contributed by atoms with Gasteiger partial charge in [0.15, 0.2) is 5.11 Å². The maximum absolute atomic E-state index is 13.5. The molecule has 2 bridgehead atoms. The maximum atomic E-state index is 13.5. The number of rotatable bonds is 2. The lowest BCUT2D eigenvalue weighted by atomic mass is 9.96. The molecule has 1 aromatic rings. The number of fused-ring (bicyclic) bond motifs is 2. The second kappa shape index (κ2) is 5.04. The standard InChI is InChI=1S/C14H16F2N2S/c15-10-2-1-3-11(16)13(10)18-14(19)17-12-7-8-4-5-9(12)6-8/h1-3,8-9,12H,4-7H2,(H2,17,18,19)/t8-,9+,12+/m0/s1. The predicted octanol–water partition coefficient (Wildman–Crippen LogP) is 3.44. The molecular weight excluding hydrogens is 266 g/mol. The van der Waals surface area contributed by atoms with Gasteiger partial charge in [-0.1, -0.05) is 12.5 Å². The summed E-state index contributed by atoms with van der Waals surface area (Å²) in [6.07, 6.45) is 4.92. The zero-order valence-electron chi connectivity index (χ0n) is 10.5. The van der Waals surface area contributed by atoms with Gasteiger partial charge in [-0.2, -0.15) is 0 Å². The van der Waals surface area contributed by atoms with Crippen LogP contribution in [0.4, 0.5) is 14.5 Å². The number of benzene rings is 1. The van der Waals surface area contributed by atoms with E-state index in [1.165, 1.54) is 37.5 Å². The number of anilines is 1. The van der Waals surface area contributed by atoms with Gasteiger partial charge in [0.25, 0.3) is 0 Å². The van der Waals surface area contributed by atoms with Crippen LogP contribution in [0.25, 0.3) is 0 Å². The third kappa shape index (κ3) is 2.56. The molecule has 0 radical (unpaired) electrons. The van der Waals surface area contributed by atoms with Crippen LogP contribution < -0.4 is 10.6 Å². The van der Waals surface area contributed by atoms with Gasteiger partial charge in [-0.05, 0) is 55.4 Å². The van der Waals surface area contributed by atoms with Crippen molar-refractivity contribution in [3.8, 4) is 0 Å². The topological polar surface area (TPSA) is 24.1 Å². The number of thiocarbonyl (C=S) groups is 1. The Balaban J connectivity index is 1.62. The summed E-state index contributed by atoms with van der Waals surface area (Å²) in [6, 6.07) is 4.12. The highest BCUT2D eigenvalue weighted by atomic mass is 32.1. The van der Waals surface area contributed by atoms with E-state index in [0.29, 0.717) is 17.1 Å². The van der Waals surface area contributed by atoms with E-state index >= 15 is 0 Å². The maximum Gasteiger partial charge on any atom is 0.171 e. The number of halogens is 2. The van der Waals surface area contributed by atoms with Gasteiger partial charge in [0.1, 0.15) is 17.3 Å². The molecule has 2 fully saturated rings. The molecule has 5 heteroatoms. The van der Waals surface area contributed by atoms with Crippen molar-refractivity contribution in [2.45, 2.75) is 31.7 Å². The van der Waals surface area contributed by atoms with Gasteiger partial charge in [-0.3, -0.25) is 0 Å². The first-order valence-electron chi connectivity index (χ1n) is 6.65. The van der Waals surface area contributed by atoms with Crippen LogP contribution in [0.1, 0.15) is 25.7 Å². The summed E-state index contributed by atoms with van der Waals surface area (Å²) < 4.78 is 27.0. The highest BCUT2D eigenvalue weighted by Gasteiger charge is 2.39. The number of hydrogen-bond donors (Lipinski definition) is 2. The zero-order chi connectivity index (χ0) is 13.4. The van der Waals surface area contributed by atoms with Gasteiger partial charge < -0.3 is 10.6 Å². The molecule has 2 N–H and O–H groups in total. The van der Waals surface area contributed by atoms with Crippen LogP contribution in [0.15, 0.2) is 18.2 Å². The van der Waals surface area contributed by atoms with Gasteiger partial charge in [-0.15, -0.1) is 0 Å². The molecule has 3 atom stereocenters.